The Morgan fingerprint density at radius 3 is 2.00 bits per heavy atom. The lowest BCUT2D eigenvalue weighted by molar-refractivity contribution is -0.193. The van der Waals surface area contributed by atoms with Crippen molar-refractivity contribution in [1.82, 2.24) is 4.90 Å². The first-order valence-corrected chi connectivity index (χ1v) is 8.15. The van der Waals surface area contributed by atoms with Crippen LogP contribution in [0.2, 0.25) is 0 Å². The van der Waals surface area contributed by atoms with Crippen LogP contribution >= 0.6 is 0 Å². The maximum atomic E-state index is 13.1. The van der Waals surface area contributed by atoms with Crippen molar-refractivity contribution < 1.29 is 9.90 Å². The van der Waals surface area contributed by atoms with E-state index in [0.717, 1.165) is 25.2 Å². The molecule has 1 heterocycles. The Kier molecular flexibility index (Phi) is 2.25. The molecule has 2 unspecified atom stereocenters. The van der Waals surface area contributed by atoms with Gasteiger partial charge in [0.05, 0.1) is 24.1 Å². The van der Waals surface area contributed by atoms with Gasteiger partial charge in [-0.1, -0.05) is 13.8 Å². The molecule has 0 aromatic carbocycles. The molecule has 1 aliphatic heterocycles. The van der Waals surface area contributed by atoms with Crippen LogP contribution in [0.5, 0.6) is 0 Å². The van der Waals surface area contributed by atoms with Crippen molar-refractivity contribution in [3.05, 3.63) is 0 Å². The van der Waals surface area contributed by atoms with Gasteiger partial charge in [0.25, 0.3) is 0 Å². The van der Waals surface area contributed by atoms with Gasteiger partial charge >= 0.3 is 0 Å². The van der Waals surface area contributed by atoms with Crippen LogP contribution in [-0.4, -0.2) is 34.6 Å². The van der Waals surface area contributed by atoms with Crippen molar-refractivity contribution in [3.63, 3.8) is 0 Å². The minimum atomic E-state index is -0.647. The Bertz CT molecular complexity index is 457. The fourth-order valence-electron chi connectivity index (χ4n) is 6.94. The smallest absolute Gasteiger partial charge is 0.229 e. The van der Waals surface area contributed by atoms with E-state index in [4.69, 9.17) is 0 Å². The first kappa shape index (κ1) is 13.1. The van der Waals surface area contributed by atoms with Gasteiger partial charge in [-0.2, -0.15) is 0 Å². The molecule has 1 amide bonds. The summed E-state index contributed by atoms with van der Waals surface area (Å²) in [6.45, 7) is 7.71. The van der Waals surface area contributed by atoms with Crippen LogP contribution in [0.25, 0.3) is 0 Å². The zero-order valence-electron chi connectivity index (χ0n) is 13.0. The molecule has 2 atom stereocenters. The molecule has 5 fully saturated rings. The third-order valence-corrected chi connectivity index (χ3v) is 6.43. The molecule has 4 bridgehead atoms. The van der Waals surface area contributed by atoms with Crippen molar-refractivity contribution >= 4 is 5.91 Å². The van der Waals surface area contributed by atoms with Crippen LogP contribution in [-0.2, 0) is 4.79 Å². The largest absolute Gasteiger partial charge is 0.386 e. The first-order chi connectivity index (χ1) is 9.13. The van der Waals surface area contributed by atoms with Gasteiger partial charge in [0.15, 0.2) is 0 Å². The summed E-state index contributed by atoms with van der Waals surface area (Å²) in [5, 5.41) is 9.92. The standard InChI is InChI=1S/C17H27NO2/c1-14-4-12-5-15(2,7-14)9-17(6-12,8-14)13(19)18-10-16(3,20)11-18/h12,20H,4-11H2,1-3H3. The fourth-order valence-corrected chi connectivity index (χ4v) is 6.94. The highest BCUT2D eigenvalue weighted by Crippen LogP contribution is 2.70. The summed E-state index contributed by atoms with van der Waals surface area (Å²) in [5.74, 6) is 1.11. The predicted octanol–water partition coefficient (Wildman–Crippen LogP) is 2.58. The van der Waals surface area contributed by atoms with Crippen LogP contribution < -0.4 is 0 Å². The summed E-state index contributed by atoms with van der Waals surface area (Å²) in [7, 11) is 0. The lowest BCUT2D eigenvalue weighted by Crippen LogP contribution is -2.67. The van der Waals surface area contributed by atoms with Gasteiger partial charge in [-0.25, -0.2) is 0 Å². The highest BCUT2D eigenvalue weighted by atomic mass is 16.3. The molecule has 3 heteroatoms. The number of nitrogens with zero attached hydrogens (tertiary/aromatic N) is 1. The van der Waals surface area contributed by atoms with Gasteiger partial charge in [0, 0.05) is 0 Å². The molecule has 4 aliphatic carbocycles. The van der Waals surface area contributed by atoms with Crippen molar-refractivity contribution in [3.8, 4) is 0 Å². The topological polar surface area (TPSA) is 40.5 Å². The summed E-state index contributed by atoms with van der Waals surface area (Å²) in [6.07, 6.45) is 7.25. The average Bonchev–Trinajstić information content (AvgIpc) is 2.19. The molecule has 1 saturated heterocycles. The second-order valence-electron chi connectivity index (χ2n) is 9.57. The zero-order valence-corrected chi connectivity index (χ0v) is 13.0. The van der Waals surface area contributed by atoms with Crippen molar-refractivity contribution in [2.75, 3.05) is 13.1 Å². The molecule has 0 aromatic heterocycles. The molecule has 0 aromatic rings. The lowest BCUT2D eigenvalue weighted by Gasteiger charge is -2.65. The second-order valence-corrected chi connectivity index (χ2v) is 9.57. The number of carbonyl (C=O) groups excluding carboxylic acids is 1. The molecular weight excluding hydrogens is 250 g/mol. The molecule has 0 radical (unpaired) electrons. The van der Waals surface area contributed by atoms with Crippen molar-refractivity contribution in [2.45, 2.75) is 64.9 Å². The maximum absolute atomic E-state index is 13.1. The molecule has 0 spiro atoms. The van der Waals surface area contributed by atoms with E-state index in [0.29, 0.717) is 29.8 Å². The van der Waals surface area contributed by atoms with Crippen LogP contribution in [0.1, 0.15) is 59.3 Å². The number of likely N-dealkylation sites (tertiary alicyclic amines) is 1. The number of β-amino-alcohol motifs (C(OH)–C–C–N with tert-alkyl or cyclic N) is 1. The van der Waals surface area contributed by atoms with Gasteiger partial charge in [-0.05, 0) is 62.2 Å². The van der Waals surface area contributed by atoms with Gasteiger partial charge < -0.3 is 10.0 Å². The van der Waals surface area contributed by atoms with Gasteiger partial charge in [0.2, 0.25) is 5.91 Å². The first-order valence-electron chi connectivity index (χ1n) is 8.15. The van der Waals surface area contributed by atoms with Crippen LogP contribution in [0.15, 0.2) is 0 Å². The highest BCUT2D eigenvalue weighted by molar-refractivity contribution is 5.84. The normalized spacial score (nSPS) is 52.0. The Hall–Kier alpha value is -0.570. The Morgan fingerprint density at radius 2 is 1.55 bits per heavy atom. The van der Waals surface area contributed by atoms with E-state index < -0.39 is 5.60 Å². The Labute approximate surface area is 121 Å². The minimum Gasteiger partial charge on any atom is -0.386 e. The molecule has 5 aliphatic rings. The van der Waals surface area contributed by atoms with E-state index in [9.17, 15) is 9.90 Å². The molecule has 20 heavy (non-hydrogen) atoms. The quantitative estimate of drug-likeness (QED) is 0.800. The maximum Gasteiger partial charge on any atom is 0.229 e. The molecule has 112 valence electrons. The molecule has 3 nitrogen and oxygen atoms in total. The fraction of sp³-hybridized carbons (Fsp3) is 0.941. The Morgan fingerprint density at radius 1 is 1.00 bits per heavy atom. The number of aliphatic hydroxyl groups is 1. The van der Waals surface area contributed by atoms with Crippen LogP contribution in [0.3, 0.4) is 0 Å². The number of hydrogen-bond acceptors (Lipinski definition) is 2. The summed E-state index contributed by atoms with van der Waals surface area (Å²) < 4.78 is 0. The van der Waals surface area contributed by atoms with Gasteiger partial charge in [0.1, 0.15) is 0 Å². The summed E-state index contributed by atoms with van der Waals surface area (Å²) >= 11 is 0. The van der Waals surface area contributed by atoms with Gasteiger partial charge in [-0.15, -0.1) is 0 Å². The second kappa shape index (κ2) is 3.43. The molecule has 4 saturated carbocycles. The monoisotopic (exact) mass is 277 g/mol. The minimum absolute atomic E-state index is 0.0978. The predicted molar refractivity (Wildman–Crippen MR) is 77.0 cm³/mol. The number of hydrogen-bond donors (Lipinski definition) is 1. The average molecular weight is 277 g/mol. The lowest BCUT2D eigenvalue weighted by atomic mass is 9.40. The molecule has 5 rings (SSSR count). The summed E-state index contributed by atoms with van der Waals surface area (Å²) in [6, 6.07) is 0. The van der Waals surface area contributed by atoms with E-state index in [1.165, 1.54) is 19.3 Å². The van der Waals surface area contributed by atoms with E-state index in [1.807, 2.05) is 11.8 Å². The molecule has 1 N–H and O–H groups in total. The van der Waals surface area contributed by atoms with E-state index in [2.05, 4.69) is 13.8 Å². The SMILES string of the molecule is CC1(O)CN(C(=O)C23CC4CC(C)(CC(C)(C4)C2)C3)C1. The van der Waals surface area contributed by atoms with Gasteiger partial charge in [-0.3, -0.25) is 4.79 Å². The van der Waals surface area contributed by atoms with E-state index in [1.54, 1.807) is 0 Å². The van der Waals surface area contributed by atoms with Crippen LogP contribution in [0.4, 0.5) is 0 Å². The zero-order chi connectivity index (χ0) is 14.4. The van der Waals surface area contributed by atoms with E-state index >= 15 is 0 Å². The van der Waals surface area contributed by atoms with E-state index in [-0.39, 0.29) is 5.41 Å². The Balaban J connectivity index is 1.63. The summed E-state index contributed by atoms with van der Waals surface area (Å²) in [5.41, 5.74) is 0.0274. The van der Waals surface area contributed by atoms with Crippen LogP contribution in [0, 0.1) is 22.2 Å². The number of carbonyl (C=O) groups is 1. The molecular formula is C17H27NO2. The van der Waals surface area contributed by atoms with Crippen molar-refractivity contribution in [1.29, 1.82) is 0 Å². The third kappa shape index (κ3) is 1.71. The summed E-state index contributed by atoms with van der Waals surface area (Å²) in [4.78, 5) is 15.0. The third-order valence-electron chi connectivity index (χ3n) is 6.43. The number of rotatable bonds is 1. The highest BCUT2D eigenvalue weighted by Gasteiger charge is 2.64. The number of amides is 1. The van der Waals surface area contributed by atoms with Crippen molar-refractivity contribution in [2.24, 2.45) is 22.2 Å².